The summed E-state index contributed by atoms with van der Waals surface area (Å²) in [6, 6.07) is 9.45. The maximum absolute atomic E-state index is 14.5. The molecular weight excluding hydrogens is 380 g/mol. The van der Waals surface area contributed by atoms with Crippen molar-refractivity contribution in [3.8, 4) is 0 Å². The lowest BCUT2D eigenvalue weighted by molar-refractivity contribution is 0.418. The standard InChI is InChI=1S/C16H19FIN3/c1-16(2,3)20-10-11-7-8-19-15(14(11)17)21-13-6-4-5-12(18)9-13/h4-9,20H,10H2,1-3H3,(H,19,21). The lowest BCUT2D eigenvalue weighted by Gasteiger charge is -2.21. The van der Waals surface area contributed by atoms with Crippen molar-refractivity contribution in [3.63, 3.8) is 0 Å². The molecule has 0 aliphatic heterocycles. The summed E-state index contributed by atoms with van der Waals surface area (Å²) < 4.78 is 15.6. The molecule has 0 fully saturated rings. The fourth-order valence-electron chi connectivity index (χ4n) is 1.77. The first-order chi connectivity index (χ1) is 9.85. The first-order valence-corrected chi connectivity index (χ1v) is 7.84. The molecular formula is C16H19FIN3. The quantitative estimate of drug-likeness (QED) is 0.746. The average Bonchev–Trinajstić information content (AvgIpc) is 2.39. The summed E-state index contributed by atoms with van der Waals surface area (Å²) in [4.78, 5) is 4.09. The molecule has 0 saturated carbocycles. The van der Waals surface area contributed by atoms with Crippen molar-refractivity contribution in [2.75, 3.05) is 5.32 Å². The van der Waals surface area contributed by atoms with Crippen LogP contribution in [0.15, 0.2) is 36.5 Å². The zero-order chi connectivity index (χ0) is 15.5. The molecule has 0 saturated heterocycles. The SMILES string of the molecule is CC(C)(C)NCc1ccnc(Nc2cccc(I)c2)c1F. The normalized spacial score (nSPS) is 11.5. The number of nitrogens with one attached hydrogen (secondary N) is 2. The predicted octanol–water partition coefficient (Wildman–Crippen LogP) is 4.46. The maximum Gasteiger partial charge on any atom is 0.170 e. The van der Waals surface area contributed by atoms with Crippen molar-refractivity contribution in [1.29, 1.82) is 0 Å². The van der Waals surface area contributed by atoms with Crippen molar-refractivity contribution < 1.29 is 4.39 Å². The van der Waals surface area contributed by atoms with Gasteiger partial charge in [-0.1, -0.05) is 6.07 Å². The van der Waals surface area contributed by atoms with Gasteiger partial charge < -0.3 is 10.6 Å². The lowest BCUT2D eigenvalue weighted by Crippen LogP contribution is -2.35. The van der Waals surface area contributed by atoms with Crippen LogP contribution in [0.3, 0.4) is 0 Å². The van der Waals surface area contributed by atoms with Crippen LogP contribution in [0.25, 0.3) is 0 Å². The van der Waals surface area contributed by atoms with Crippen LogP contribution in [-0.4, -0.2) is 10.5 Å². The fraction of sp³-hybridized carbons (Fsp3) is 0.312. The highest BCUT2D eigenvalue weighted by Gasteiger charge is 2.13. The second-order valence-electron chi connectivity index (χ2n) is 5.87. The Hall–Kier alpha value is -1.21. The highest BCUT2D eigenvalue weighted by atomic mass is 127. The van der Waals surface area contributed by atoms with E-state index in [4.69, 9.17) is 0 Å². The minimum atomic E-state index is -0.312. The smallest absolute Gasteiger partial charge is 0.170 e. The van der Waals surface area contributed by atoms with Gasteiger partial charge in [-0.05, 0) is 67.6 Å². The Kier molecular flexibility index (Phi) is 5.16. The number of halogens is 2. The average molecular weight is 399 g/mol. The van der Waals surface area contributed by atoms with Gasteiger partial charge in [-0.15, -0.1) is 0 Å². The van der Waals surface area contributed by atoms with Gasteiger partial charge >= 0.3 is 0 Å². The Morgan fingerprint density at radius 1 is 1.24 bits per heavy atom. The third-order valence-electron chi connectivity index (χ3n) is 2.87. The predicted molar refractivity (Wildman–Crippen MR) is 93.2 cm³/mol. The van der Waals surface area contributed by atoms with E-state index in [1.54, 1.807) is 12.3 Å². The van der Waals surface area contributed by atoms with Crippen LogP contribution in [0.2, 0.25) is 0 Å². The summed E-state index contributed by atoms with van der Waals surface area (Å²) in [7, 11) is 0. The molecule has 2 aromatic rings. The molecule has 5 heteroatoms. The van der Waals surface area contributed by atoms with E-state index in [0.717, 1.165) is 9.26 Å². The van der Waals surface area contributed by atoms with E-state index in [-0.39, 0.29) is 17.2 Å². The molecule has 1 aromatic heterocycles. The molecule has 0 spiro atoms. The summed E-state index contributed by atoms with van der Waals surface area (Å²) in [5, 5.41) is 6.31. The molecule has 3 nitrogen and oxygen atoms in total. The first kappa shape index (κ1) is 16.2. The summed E-state index contributed by atoms with van der Waals surface area (Å²) in [5.41, 5.74) is 1.38. The number of aromatic nitrogens is 1. The van der Waals surface area contributed by atoms with Gasteiger partial charge in [0.25, 0.3) is 0 Å². The Morgan fingerprint density at radius 2 is 2.00 bits per heavy atom. The Morgan fingerprint density at radius 3 is 2.67 bits per heavy atom. The van der Waals surface area contributed by atoms with Gasteiger partial charge in [0.15, 0.2) is 11.6 Å². The van der Waals surface area contributed by atoms with E-state index in [2.05, 4.69) is 59.0 Å². The minimum Gasteiger partial charge on any atom is -0.338 e. The van der Waals surface area contributed by atoms with Crippen molar-refractivity contribution >= 4 is 34.1 Å². The molecule has 0 aliphatic carbocycles. The van der Waals surface area contributed by atoms with Crippen LogP contribution >= 0.6 is 22.6 Å². The second-order valence-corrected chi connectivity index (χ2v) is 7.12. The Balaban J connectivity index is 2.17. The zero-order valence-electron chi connectivity index (χ0n) is 12.4. The molecule has 2 N–H and O–H groups in total. The molecule has 0 unspecified atom stereocenters. The highest BCUT2D eigenvalue weighted by molar-refractivity contribution is 14.1. The summed E-state index contributed by atoms with van der Waals surface area (Å²) in [6.07, 6.45) is 1.62. The van der Waals surface area contributed by atoms with Gasteiger partial charge in [0, 0.05) is 33.1 Å². The van der Waals surface area contributed by atoms with Gasteiger partial charge in [-0.2, -0.15) is 0 Å². The van der Waals surface area contributed by atoms with Crippen LogP contribution in [0.1, 0.15) is 26.3 Å². The van der Waals surface area contributed by atoms with Crippen LogP contribution in [-0.2, 0) is 6.54 Å². The molecule has 112 valence electrons. The van der Waals surface area contributed by atoms with Crippen LogP contribution < -0.4 is 10.6 Å². The van der Waals surface area contributed by atoms with Gasteiger partial charge in [0.1, 0.15) is 0 Å². The van der Waals surface area contributed by atoms with Gasteiger partial charge in [0.2, 0.25) is 0 Å². The summed E-state index contributed by atoms with van der Waals surface area (Å²) in [5.74, 6) is -0.0571. The van der Waals surface area contributed by atoms with E-state index < -0.39 is 0 Å². The van der Waals surface area contributed by atoms with E-state index in [1.807, 2.05) is 24.3 Å². The lowest BCUT2D eigenvalue weighted by atomic mass is 10.1. The molecule has 21 heavy (non-hydrogen) atoms. The number of pyridine rings is 1. The Bertz CT molecular complexity index is 623. The van der Waals surface area contributed by atoms with Gasteiger partial charge in [-0.25, -0.2) is 9.37 Å². The number of benzene rings is 1. The van der Waals surface area contributed by atoms with Crippen LogP contribution in [0.5, 0.6) is 0 Å². The molecule has 0 bridgehead atoms. The Labute approximate surface area is 138 Å². The number of rotatable bonds is 4. The maximum atomic E-state index is 14.5. The van der Waals surface area contributed by atoms with Crippen molar-refractivity contribution in [2.45, 2.75) is 32.9 Å². The summed E-state index contributed by atoms with van der Waals surface area (Å²) >= 11 is 2.22. The van der Waals surface area contributed by atoms with Crippen LogP contribution in [0.4, 0.5) is 15.9 Å². The number of anilines is 2. The first-order valence-electron chi connectivity index (χ1n) is 6.76. The van der Waals surface area contributed by atoms with E-state index in [9.17, 15) is 4.39 Å². The molecule has 0 radical (unpaired) electrons. The summed E-state index contributed by atoms with van der Waals surface area (Å²) in [6.45, 7) is 6.63. The van der Waals surface area contributed by atoms with Gasteiger partial charge in [-0.3, -0.25) is 0 Å². The van der Waals surface area contributed by atoms with E-state index in [0.29, 0.717) is 12.1 Å². The number of hydrogen-bond donors (Lipinski definition) is 2. The number of nitrogens with zero attached hydrogens (tertiary/aromatic N) is 1. The monoisotopic (exact) mass is 399 g/mol. The van der Waals surface area contributed by atoms with E-state index >= 15 is 0 Å². The fourth-order valence-corrected chi connectivity index (χ4v) is 2.31. The third kappa shape index (κ3) is 4.93. The zero-order valence-corrected chi connectivity index (χ0v) is 14.5. The topological polar surface area (TPSA) is 37.0 Å². The minimum absolute atomic E-state index is 0.0567. The van der Waals surface area contributed by atoms with Crippen molar-refractivity contribution in [2.24, 2.45) is 0 Å². The molecule has 1 aromatic carbocycles. The second kappa shape index (κ2) is 6.70. The molecule has 1 heterocycles. The highest BCUT2D eigenvalue weighted by Crippen LogP contribution is 2.21. The third-order valence-corrected chi connectivity index (χ3v) is 3.54. The largest absolute Gasteiger partial charge is 0.338 e. The number of hydrogen-bond acceptors (Lipinski definition) is 3. The van der Waals surface area contributed by atoms with Gasteiger partial charge in [0.05, 0.1) is 0 Å². The molecule has 0 amide bonds. The molecule has 0 aliphatic rings. The van der Waals surface area contributed by atoms with Crippen molar-refractivity contribution in [1.82, 2.24) is 10.3 Å². The van der Waals surface area contributed by atoms with E-state index in [1.165, 1.54) is 0 Å². The molecule has 0 atom stereocenters. The van der Waals surface area contributed by atoms with Crippen LogP contribution in [0, 0.1) is 9.39 Å². The van der Waals surface area contributed by atoms with Crippen molar-refractivity contribution in [3.05, 3.63) is 51.5 Å². The molecule has 2 rings (SSSR count).